The first-order chi connectivity index (χ1) is 13.0. The number of methoxy groups -OCH3 is 2. The number of carbonyl (C=O) groups is 2. The third-order valence-electron chi connectivity index (χ3n) is 4.36. The van der Waals surface area contributed by atoms with Gasteiger partial charge in [-0.1, -0.05) is 30.3 Å². The minimum Gasteiger partial charge on any atom is -0.497 e. The van der Waals surface area contributed by atoms with Crippen molar-refractivity contribution in [1.82, 2.24) is 4.90 Å². The van der Waals surface area contributed by atoms with Gasteiger partial charge in [-0.2, -0.15) is 0 Å². The number of imide groups is 1. The Hall–Kier alpha value is -3.28. The topological polar surface area (TPSA) is 67.9 Å². The van der Waals surface area contributed by atoms with E-state index in [0.717, 1.165) is 0 Å². The molecule has 0 aliphatic carbocycles. The van der Waals surface area contributed by atoms with Crippen molar-refractivity contribution in [3.8, 4) is 11.5 Å². The molecule has 6 heteroatoms. The lowest BCUT2D eigenvalue weighted by atomic mass is 10.0. The van der Waals surface area contributed by atoms with Gasteiger partial charge in [0.2, 0.25) is 0 Å². The van der Waals surface area contributed by atoms with E-state index in [0.29, 0.717) is 28.3 Å². The minimum absolute atomic E-state index is 0.239. The van der Waals surface area contributed by atoms with Gasteiger partial charge >= 0.3 is 0 Å². The molecule has 0 aromatic heterocycles. The highest BCUT2D eigenvalue weighted by Gasteiger charge is 2.40. The molecule has 3 rings (SSSR count). The first kappa shape index (κ1) is 18.5. The number of ether oxygens (including phenoxy) is 2. The normalized spacial score (nSPS) is 14.2. The Balaban J connectivity index is 2.10. The number of nitrogens with one attached hydrogen (secondary N) is 1. The molecular weight excluding hydrogens is 344 g/mol. The highest BCUT2D eigenvalue weighted by Crippen LogP contribution is 2.35. The van der Waals surface area contributed by atoms with Crippen LogP contribution in [0.3, 0.4) is 0 Å². The summed E-state index contributed by atoms with van der Waals surface area (Å²) >= 11 is 0. The summed E-state index contributed by atoms with van der Waals surface area (Å²) < 4.78 is 10.6. The molecule has 0 fully saturated rings. The van der Waals surface area contributed by atoms with Crippen LogP contribution in [0.1, 0.15) is 19.4 Å². The van der Waals surface area contributed by atoms with Gasteiger partial charge in [-0.15, -0.1) is 0 Å². The van der Waals surface area contributed by atoms with Gasteiger partial charge in [0, 0.05) is 12.1 Å². The van der Waals surface area contributed by atoms with Crippen LogP contribution in [-0.2, 0) is 9.59 Å². The van der Waals surface area contributed by atoms with Crippen molar-refractivity contribution >= 4 is 23.1 Å². The summed E-state index contributed by atoms with van der Waals surface area (Å²) in [6.07, 6.45) is 0. The standard InChI is InChI=1S/C21H22N2O4/c1-13(2)23-20(24)18(14-8-6-5-7-9-14)19(21(23)25)22-16-11-10-15(26-3)12-17(16)27-4/h5-13,22H,1-4H3. The van der Waals surface area contributed by atoms with Gasteiger partial charge < -0.3 is 14.8 Å². The molecule has 0 saturated heterocycles. The van der Waals surface area contributed by atoms with Crippen molar-refractivity contribution in [2.24, 2.45) is 0 Å². The second kappa shape index (κ2) is 7.53. The van der Waals surface area contributed by atoms with Crippen LogP contribution in [0, 0.1) is 0 Å². The third kappa shape index (κ3) is 3.38. The Morgan fingerprint density at radius 1 is 0.926 bits per heavy atom. The quantitative estimate of drug-likeness (QED) is 0.795. The fourth-order valence-electron chi connectivity index (χ4n) is 3.04. The van der Waals surface area contributed by atoms with E-state index in [1.165, 1.54) is 12.0 Å². The fraction of sp³-hybridized carbons (Fsp3) is 0.238. The largest absolute Gasteiger partial charge is 0.497 e. The van der Waals surface area contributed by atoms with Crippen molar-refractivity contribution in [1.29, 1.82) is 0 Å². The van der Waals surface area contributed by atoms with Gasteiger partial charge in [-0.05, 0) is 31.5 Å². The molecule has 0 unspecified atom stereocenters. The predicted molar refractivity (Wildman–Crippen MR) is 104 cm³/mol. The third-order valence-corrected chi connectivity index (χ3v) is 4.36. The second-order valence-corrected chi connectivity index (χ2v) is 6.38. The number of benzene rings is 2. The summed E-state index contributed by atoms with van der Waals surface area (Å²) in [6.45, 7) is 3.63. The Bertz CT molecular complexity index is 904. The van der Waals surface area contributed by atoms with Gasteiger partial charge in [-0.25, -0.2) is 0 Å². The summed E-state index contributed by atoms with van der Waals surface area (Å²) in [6, 6.07) is 14.2. The predicted octanol–water partition coefficient (Wildman–Crippen LogP) is 3.30. The van der Waals surface area contributed by atoms with Crippen LogP contribution in [0.2, 0.25) is 0 Å². The highest BCUT2D eigenvalue weighted by molar-refractivity contribution is 6.36. The molecule has 2 aromatic carbocycles. The zero-order chi connectivity index (χ0) is 19.6. The number of carbonyl (C=O) groups excluding carboxylic acids is 2. The van der Waals surface area contributed by atoms with Gasteiger partial charge in [0.05, 0.1) is 25.5 Å². The monoisotopic (exact) mass is 366 g/mol. The molecule has 1 heterocycles. The van der Waals surface area contributed by atoms with Crippen molar-refractivity contribution in [2.75, 3.05) is 19.5 Å². The van der Waals surface area contributed by atoms with Crippen LogP contribution in [0.4, 0.5) is 5.69 Å². The molecule has 0 radical (unpaired) electrons. The summed E-state index contributed by atoms with van der Waals surface area (Å²) in [4.78, 5) is 27.2. The van der Waals surface area contributed by atoms with Gasteiger partial charge in [0.15, 0.2) is 0 Å². The molecule has 2 amide bonds. The van der Waals surface area contributed by atoms with E-state index in [2.05, 4.69) is 5.32 Å². The van der Waals surface area contributed by atoms with E-state index in [9.17, 15) is 9.59 Å². The zero-order valence-electron chi connectivity index (χ0n) is 15.8. The summed E-state index contributed by atoms with van der Waals surface area (Å²) in [5, 5.41) is 3.11. The molecule has 1 aliphatic rings. The van der Waals surface area contributed by atoms with Gasteiger partial charge in [-0.3, -0.25) is 14.5 Å². The molecule has 0 saturated carbocycles. The molecule has 1 aliphatic heterocycles. The molecule has 0 atom stereocenters. The molecular formula is C21H22N2O4. The van der Waals surface area contributed by atoms with E-state index in [-0.39, 0.29) is 23.6 Å². The van der Waals surface area contributed by atoms with Crippen molar-refractivity contribution in [2.45, 2.75) is 19.9 Å². The van der Waals surface area contributed by atoms with Crippen LogP contribution in [0.25, 0.3) is 5.57 Å². The van der Waals surface area contributed by atoms with E-state index >= 15 is 0 Å². The van der Waals surface area contributed by atoms with Crippen LogP contribution in [0.5, 0.6) is 11.5 Å². The lowest BCUT2D eigenvalue weighted by molar-refractivity contribution is -0.138. The first-order valence-corrected chi connectivity index (χ1v) is 8.64. The Kier molecular flexibility index (Phi) is 5.16. The van der Waals surface area contributed by atoms with Crippen LogP contribution >= 0.6 is 0 Å². The maximum Gasteiger partial charge on any atom is 0.278 e. The fourth-order valence-corrected chi connectivity index (χ4v) is 3.04. The average Bonchev–Trinajstić information content (AvgIpc) is 2.92. The number of hydrogen-bond acceptors (Lipinski definition) is 5. The molecule has 1 N–H and O–H groups in total. The number of amides is 2. The number of hydrogen-bond donors (Lipinski definition) is 1. The molecule has 140 valence electrons. The molecule has 2 aromatic rings. The molecule has 27 heavy (non-hydrogen) atoms. The second-order valence-electron chi connectivity index (χ2n) is 6.38. The van der Waals surface area contributed by atoms with Gasteiger partial charge in [0.1, 0.15) is 17.2 Å². The summed E-state index contributed by atoms with van der Waals surface area (Å²) in [5.74, 6) is 0.479. The summed E-state index contributed by atoms with van der Waals surface area (Å²) in [7, 11) is 3.10. The molecule has 6 nitrogen and oxygen atoms in total. The lowest BCUT2D eigenvalue weighted by Crippen LogP contribution is -2.38. The van der Waals surface area contributed by atoms with Crippen molar-refractivity contribution < 1.29 is 19.1 Å². The van der Waals surface area contributed by atoms with E-state index in [1.807, 2.05) is 44.2 Å². The zero-order valence-corrected chi connectivity index (χ0v) is 15.8. The highest BCUT2D eigenvalue weighted by atomic mass is 16.5. The van der Waals surface area contributed by atoms with Crippen LogP contribution < -0.4 is 14.8 Å². The number of nitrogens with zero attached hydrogens (tertiary/aromatic N) is 1. The van der Waals surface area contributed by atoms with E-state index in [1.54, 1.807) is 25.3 Å². The molecule has 0 spiro atoms. The maximum atomic E-state index is 13.0. The lowest BCUT2D eigenvalue weighted by Gasteiger charge is -2.19. The Morgan fingerprint density at radius 3 is 2.22 bits per heavy atom. The van der Waals surface area contributed by atoms with Crippen LogP contribution in [-0.4, -0.2) is 37.0 Å². The number of rotatable bonds is 6. The number of anilines is 1. The Morgan fingerprint density at radius 2 is 1.63 bits per heavy atom. The maximum absolute atomic E-state index is 13.0. The smallest absolute Gasteiger partial charge is 0.278 e. The summed E-state index contributed by atoms with van der Waals surface area (Å²) in [5.41, 5.74) is 1.86. The minimum atomic E-state index is -0.355. The van der Waals surface area contributed by atoms with E-state index in [4.69, 9.17) is 9.47 Å². The van der Waals surface area contributed by atoms with Crippen molar-refractivity contribution in [3.05, 3.63) is 59.8 Å². The molecule has 0 bridgehead atoms. The van der Waals surface area contributed by atoms with Crippen LogP contribution in [0.15, 0.2) is 54.2 Å². The van der Waals surface area contributed by atoms with Crippen molar-refractivity contribution in [3.63, 3.8) is 0 Å². The average molecular weight is 366 g/mol. The Labute approximate surface area is 158 Å². The first-order valence-electron chi connectivity index (χ1n) is 8.64. The van der Waals surface area contributed by atoms with E-state index < -0.39 is 0 Å². The SMILES string of the molecule is COc1ccc(NC2=C(c3ccccc3)C(=O)N(C(C)C)C2=O)c(OC)c1. The van der Waals surface area contributed by atoms with Gasteiger partial charge in [0.25, 0.3) is 11.8 Å².